The van der Waals surface area contributed by atoms with Crippen LogP contribution in [-0.4, -0.2) is 55.7 Å². The van der Waals surface area contributed by atoms with E-state index in [-0.39, 0.29) is 13.2 Å². The average Bonchev–Trinajstić information content (AvgIpc) is 2.77. The lowest BCUT2D eigenvalue weighted by Gasteiger charge is -2.20. The first kappa shape index (κ1) is 17.7. The highest BCUT2D eigenvalue weighted by molar-refractivity contribution is 6.08. The van der Waals surface area contributed by atoms with E-state index in [9.17, 15) is 14.4 Å². The molecule has 0 spiro atoms. The highest BCUT2D eigenvalue weighted by Gasteiger charge is 2.48. The summed E-state index contributed by atoms with van der Waals surface area (Å²) in [6, 6.07) is 6.62. The number of hydrogen-bond donors (Lipinski definition) is 2. The lowest BCUT2D eigenvalue weighted by atomic mass is 10.0. The molecule has 1 aliphatic heterocycles. The standard InChI is InChI=1S/C16H21N3O5/c1-16(10-23-2)14(21)19(15(22)18-16)9-13(20)17-8-11-4-6-12(24-3)7-5-11/h4-7H,8-10H2,1-3H3,(H,17,20)(H,18,22)/t16-/m1/s1. The van der Waals surface area contributed by atoms with Crippen LogP contribution in [-0.2, 0) is 20.9 Å². The van der Waals surface area contributed by atoms with E-state index in [2.05, 4.69) is 10.6 Å². The summed E-state index contributed by atoms with van der Waals surface area (Å²) in [5, 5.41) is 5.22. The van der Waals surface area contributed by atoms with Gasteiger partial charge in [-0.05, 0) is 24.6 Å². The minimum Gasteiger partial charge on any atom is -0.497 e. The second-order valence-corrected chi connectivity index (χ2v) is 5.71. The van der Waals surface area contributed by atoms with Gasteiger partial charge in [-0.2, -0.15) is 0 Å². The van der Waals surface area contributed by atoms with Crippen LogP contribution >= 0.6 is 0 Å². The van der Waals surface area contributed by atoms with Crippen LogP contribution in [0.5, 0.6) is 5.75 Å². The number of imide groups is 1. The molecule has 1 aromatic rings. The topological polar surface area (TPSA) is 97.0 Å². The quantitative estimate of drug-likeness (QED) is 0.697. The summed E-state index contributed by atoms with van der Waals surface area (Å²) >= 11 is 0. The molecular formula is C16H21N3O5. The zero-order valence-electron chi connectivity index (χ0n) is 13.9. The van der Waals surface area contributed by atoms with Crippen LogP contribution in [0.25, 0.3) is 0 Å². The molecule has 1 atom stereocenters. The van der Waals surface area contributed by atoms with E-state index in [1.807, 2.05) is 12.1 Å². The summed E-state index contributed by atoms with van der Waals surface area (Å²) in [4.78, 5) is 37.1. The van der Waals surface area contributed by atoms with Gasteiger partial charge in [-0.1, -0.05) is 12.1 Å². The van der Waals surface area contributed by atoms with Gasteiger partial charge in [0.05, 0.1) is 13.7 Å². The molecule has 130 valence electrons. The summed E-state index contributed by atoms with van der Waals surface area (Å²) < 4.78 is 10.0. The van der Waals surface area contributed by atoms with Crippen molar-refractivity contribution in [2.45, 2.75) is 19.0 Å². The van der Waals surface area contributed by atoms with Crippen molar-refractivity contribution in [2.24, 2.45) is 0 Å². The molecule has 1 heterocycles. The third kappa shape index (κ3) is 3.83. The number of carbonyl (C=O) groups is 3. The van der Waals surface area contributed by atoms with Gasteiger partial charge in [0.25, 0.3) is 5.91 Å². The van der Waals surface area contributed by atoms with Gasteiger partial charge < -0.3 is 20.1 Å². The molecule has 24 heavy (non-hydrogen) atoms. The Morgan fingerprint density at radius 2 is 1.92 bits per heavy atom. The molecule has 1 aromatic carbocycles. The molecule has 0 unspecified atom stereocenters. The number of methoxy groups -OCH3 is 2. The van der Waals surface area contributed by atoms with E-state index >= 15 is 0 Å². The molecule has 0 bridgehead atoms. The van der Waals surface area contributed by atoms with Crippen LogP contribution in [0.15, 0.2) is 24.3 Å². The Hall–Kier alpha value is -2.61. The number of amides is 4. The minimum absolute atomic E-state index is 0.0432. The third-order valence-corrected chi connectivity index (χ3v) is 3.73. The molecule has 1 saturated heterocycles. The van der Waals surface area contributed by atoms with Crippen LogP contribution in [0.4, 0.5) is 4.79 Å². The van der Waals surface area contributed by atoms with Gasteiger partial charge in [0.15, 0.2) is 0 Å². The fourth-order valence-corrected chi connectivity index (χ4v) is 2.42. The van der Waals surface area contributed by atoms with Crippen LogP contribution in [0.2, 0.25) is 0 Å². The highest BCUT2D eigenvalue weighted by atomic mass is 16.5. The molecule has 1 fully saturated rings. The Balaban J connectivity index is 1.89. The summed E-state index contributed by atoms with van der Waals surface area (Å²) in [5.74, 6) is -0.174. The average molecular weight is 335 g/mol. The molecule has 8 heteroatoms. The maximum absolute atomic E-state index is 12.3. The molecule has 1 aliphatic rings. The predicted octanol–water partition coefficient (Wildman–Crippen LogP) is 0.268. The molecule has 8 nitrogen and oxygen atoms in total. The fraction of sp³-hybridized carbons (Fsp3) is 0.438. The van der Waals surface area contributed by atoms with Gasteiger partial charge in [-0.15, -0.1) is 0 Å². The number of carbonyl (C=O) groups excluding carboxylic acids is 3. The van der Waals surface area contributed by atoms with E-state index in [0.29, 0.717) is 6.54 Å². The van der Waals surface area contributed by atoms with Crippen molar-refractivity contribution in [3.05, 3.63) is 29.8 Å². The van der Waals surface area contributed by atoms with Crippen molar-refractivity contribution >= 4 is 17.8 Å². The van der Waals surface area contributed by atoms with Crippen LogP contribution in [0.3, 0.4) is 0 Å². The van der Waals surface area contributed by atoms with Crippen LogP contribution in [0.1, 0.15) is 12.5 Å². The third-order valence-electron chi connectivity index (χ3n) is 3.73. The van der Waals surface area contributed by atoms with Crippen molar-refractivity contribution in [3.63, 3.8) is 0 Å². The first-order valence-electron chi connectivity index (χ1n) is 7.42. The van der Waals surface area contributed by atoms with Crippen LogP contribution < -0.4 is 15.4 Å². The number of nitrogens with one attached hydrogen (secondary N) is 2. The zero-order valence-corrected chi connectivity index (χ0v) is 13.9. The second-order valence-electron chi connectivity index (χ2n) is 5.71. The van der Waals surface area contributed by atoms with Gasteiger partial charge in [-0.3, -0.25) is 14.5 Å². The van der Waals surface area contributed by atoms with Crippen molar-refractivity contribution in [3.8, 4) is 5.75 Å². The van der Waals surface area contributed by atoms with Gasteiger partial charge >= 0.3 is 6.03 Å². The predicted molar refractivity (Wildman–Crippen MR) is 85.4 cm³/mol. The molecule has 2 rings (SSSR count). The zero-order chi connectivity index (χ0) is 17.7. The van der Waals surface area contributed by atoms with Gasteiger partial charge in [0.1, 0.15) is 17.8 Å². The number of nitrogens with zero attached hydrogens (tertiary/aromatic N) is 1. The van der Waals surface area contributed by atoms with Crippen LogP contribution in [0, 0.1) is 0 Å². The Morgan fingerprint density at radius 1 is 1.25 bits per heavy atom. The largest absolute Gasteiger partial charge is 0.497 e. The van der Waals surface area contributed by atoms with E-state index in [4.69, 9.17) is 9.47 Å². The Kier molecular flexibility index (Phi) is 5.40. The Morgan fingerprint density at radius 3 is 2.50 bits per heavy atom. The summed E-state index contributed by atoms with van der Waals surface area (Å²) in [6.07, 6.45) is 0. The maximum atomic E-state index is 12.3. The number of hydrogen-bond acceptors (Lipinski definition) is 5. The molecule has 0 saturated carbocycles. The monoisotopic (exact) mass is 335 g/mol. The molecule has 0 aliphatic carbocycles. The number of benzene rings is 1. The van der Waals surface area contributed by atoms with Gasteiger partial charge in [-0.25, -0.2) is 4.79 Å². The van der Waals surface area contributed by atoms with Gasteiger partial charge in [0.2, 0.25) is 5.91 Å². The summed E-state index contributed by atoms with van der Waals surface area (Å²) in [6.45, 7) is 1.56. The SMILES string of the molecule is COC[C@@]1(C)NC(=O)N(CC(=O)NCc2ccc(OC)cc2)C1=O. The molecule has 4 amide bonds. The lowest BCUT2D eigenvalue weighted by Crippen LogP contribution is -2.48. The van der Waals surface area contributed by atoms with Gasteiger partial charge in [0, 0.05) is 13.7 Å². The summed E-state index contributed by atoms with van der Waals surface area (Å²) in [7, 11) is 3.02. The molecule has 2 N–H and O–H groups in total. The highest BCUT2D eigenvalue weighted by Crippen LogP contribution is 2.17. The van der Waals surface area contributed by atoms with E-state index in [1.165, 1.54) is 7.11 Å². The van der Waals surface area contributed by atoms with Crippen molar-refractivity contribution in [2.75, 3.05) is 27.4 Å². The van der Waals surface area contributed by atoms with E-state index in [0.717, 1.165) is 16.2 Å². The smallest absolute Gasteiger partial charge is 0.325 e. The van der Waals surface area contributed by atoms with E-state index < -0.39 is 23.4 Å². The minimum atomic E-state index is -1.14. The first-order chi connectivity index (χ1) is 11.4. The number of rotatable bonds is 7. The van der Waals surface area contributed by atoms with Crippen molar-refractivity contribution in [1.82, 2.24) is 15.5 Å². The molecule has 0 radical (unpaired) electrons. The fourth-order valence-electron chi connectivity index (χ4n) is 2.42. The molecule has 0 aromatic heterocycles. The Labute approximate surface area is 140 Å². The molecular weight excluding hydrogens is 314 g/mol. The number of urea groups is 1. The van der Waals surface area contributed by atoms with E-state index in [1.54, 1.807) is 26.2 Å². The van der Waals surface area contributed by atoms with Crippen molar-refractivity contribution < 1.29 is 23.9 Å². The van der Waals surface area contributed by atoms with Crippen molar-refractivity contribution in [1.29, 1.82) is 0 Å². The first-order valence-corrected chi connectivity index (χ1v) is 7.42. The number of ether oxygens (including phenoxy) is 2. The maximum Gasteiger partial charge on any atom is 0.325 e. The second kappa shape index (κ2) is 7.31. The Bertz CT molecular complexity index is 631. The normalized spacial score (nSPS) is 20.0. The lowest BCUT2D eigenvalue weighted by molar-refractivity contribution is -0.135. The summed E-state index contributed by atoms with van der Waals surface area (Å²) in [5.41, 5.74) is -0.257.